The van der Waals surface area contributed by atoms with E-state index in [1.807, 2.05) is 24.4 Å². The van der Waals surface area contributed by atoms with Crippen LogP contribution in [0.25, 0.3) is 11.0 Å². The van der Waals surface area contributed by atoms with Crippen LogP contribution in [0.2, 0.25) is 0 Å². The van der Waals surface area contributed by atoms with Crippen LogP contribution in [-0.4, -0.2) is 14.5 Å². The number of rotatable bonds is 2. The zero-order valence-corrected chi connectivity index (χ0v) is 10.9. The van der Waals surface area contributed by atoms with Gasteiger partial charge in [-0.1, -0.05) is 12.1 Å². The van der Waals surface area contributed by atoms with Crippen LogP contribution in [0.4, 0.5) is 0 Å². The predicted molar refractivity (Wildman–Crippen MR) is 73.1 cm³/mol. The Kier molecular flexibility index (Phi) is 2.57. The maximum absolute atomic E-state index is 5.34. The van der Waals surface area contributed by atoms with Gasteiger partial charge in [0.2, 0.25) is 0 Å². The molecule has 0 aliphatic heterocycles. The standard InChI is InChI=1S/C12H11N3S2/c1-8-6-13-11(17-8)7-15-10-5-3-2-4-9(10)14-12(15)16/h2-6H,7H2,1H3,(H,14,16). The number of aromatic nitrogens is 3. The molecule has 0 aliphatic rings. The zero-order chi connectivity index (χ0) is 11.8. The van der Waals surface area contributed by atoms with Crippen LogP contribution in [0.1, 0.15) is 9.88 Å². The first-order chi connectivity index (χ1) is 8.24. The van der Waals surface area contributed by atoms with Gasteiger partial charge >= 0.3 is 0 Å². The largest absolute Gasteiger partial charge is 0.331 e. The lowest BCUT2D eigenvalue weighted by molar-refractivity contribution is 0.803. The Morgan fingerprint density at radius 2 is 2.24 bits per heavy atom. The molecule has 3 aromatic rings. The molecule has 0 unspecified atom stereocenters. The molecule has 86 valence electrons. The van der Waals surface area contributed by atoms with Crippen LogP contribution in [-0.2, 0) is 6.54 Å². The van der Waals surface area contributed by atoms with E-state index < -0.39 is 0 Å². The Morgan fingerprint density at radius 1 is 1.41 bits per heavy atom. The van der Waals surface area contributed by atoms with E-state index in [0.717, 1.165) is 27.4 Å². The highest BCUT2D eigenvalue weighted by molar-refractivity contribution is 7.71. The zero-order valence-electron chi connectivity index (χ0n) is 9.30. The molecule has 3 nitrogen and oxygen atoms in total. The lowest BCUT2D eigenvalue weighted by Gasteiger charge is -2.00. The van der Waals surface area contributed by atoms with Crippen LogP contribution in [0.3, 0.4) is 0 Å². The van der Waals surface area contributed by atoms with Crippen molar-refractivity contribution in [1.82, 2.24) is 14.5 Å². The third-order valence-corrected chi connectivity index (χ3v) is 3.86. The molecule has 2 aromatic heterocycles. The highest BCUT2D eigenvalue weighted by atomic mass is 32.1. The van der Waals surface area contributed by atoms with Crippen LogP contribution in [0.15, 0.2) is 30.5 Å². The number of aryl methyl sites for hydroxylation is 1. The summed E-state index contributed by atoms with van der Waals surface area (Å²) < 4.78 is 2.84. The van der Waals surface area contributed by atoms with E-state index in [2.05, 4.69) is 27.5 Å². The lowest BCUT2D eigenvalue weighted by atomic mass is 10.3. The number of imidazole rings is 1. The number of para-hydroxylation sites is 2. The van der Waals surface area contributed by atoms with Crippen molar-refractivity contribution in [2.75, 3.05) is 0 Å². The second-order valence-electron chi connectivity index (χ2n) is 3.90. The van der Waals surface area contributed by atoms with Crippen molar-refractivity contribution < 1.29 is 0 Å². The van der Waals surface area contributed by atoms with Gasteiger partial charge in [-0.2, -0.15) is 0 Å². The molecule has 0 fully saturated rings. The smallest absolute Gasteiger partial charge is 0.178 e. The summed E-state index contributed by atoms with van der Waals surface area (Å²) in [5.74, 6) is 0. The Labute approximate surface area is 108 Å². The second-order valence-corrected chi connectivity index (χ2v) is 5.60. The summed E-state index contributed by atoms with van der Waals surface area (Å²) in [6.45, 7) is 2.80. The summed E-state index contributed by atoms with van der Waals surface area (Å²) in [5.41, 5.74) is 2.20. The number of fused-ring (bicyclic) bond motifs is 1. The number of nitrogens with one attached hydrogen (secondary N) is 1. The molecule has 0 radical (unpaired) electrons. The topological polar surface area (TPSA) is 33.6 Å². The van der Waals surface area contributed by atoms with Crippen molar-refractivity contribution in [3.8, 4) is 0 Å². The first kappa shape index (κ1) is 10.7. The number of hydrogen-bond acceptors (Lipinski definition) is 3. The average molecular weight is 261 g/mol. The molecule has 5 heteroatoms. The van der Waals surface area contributed by atoms with Crippen molar-refractivity contribution in [3.05, 3.63) is 45.1 Å². The van der Waals surface area contributed by atoms with Crippen molar-refractivity contribution >= 4 is 34.6 Å². The van der Waals surface area contributed by atoms with Gasteiger partial charge in [0.1, 0.15) is 5.01 Å². The van der Waals surface area contributed by atoms with Crippen molar-refractivity contribution in [2.24, 2.45) is 0 Å². The van der Waals surface area contributed by atoms with E-state index >= 15 is 0 Å². The van der Waals surface area contributed by atoms with Crippen LogP contribution >= 0.6 is 23.6 Å². The SMILES string of the molecule is Cc1cnc(Cn2c(=S)[nH]c3ccccc32)s1. The molecule has 0 saturated carbocycles. The fourth-order valence-electron chi connectivity index (χ4n) is 1.87. The fourth-order valence-corrected chi connectivity index (χ4v) is 2.92. The van der Waals surface area contributed by atoms with Gasteiger partial charge in [0, 0.05) is 11.1 Å². The molecule has 3 rings (SSSR count). The summed E-state index contributed by atoms with van der Waals surface area (Å²) >= 11 is 7.05. The number of hydrogen-bond donors (Lipinski definition) is 1. The van der Waals surface area contributed by atoms with Crippen LogP contribution in [0, 0.1) is 11.7 Å². The van der Waals surface area contributed by atoms with Gasteiger partial charge in [-0.15, -0.1) is 11.3 Å². The third-order valence-electron chi connectivity index (χ3n) is 2.64. The quantitative estimate of drug-likeness (QED) is 0.716. The molecular formula is C12H11N3S2. The Morgan fingerprint density at radius 3 is 3.00 bits per heavy atom. The predicted octanol–water partition coefficient (Wildman–Crippen LogP) is 3.51. The molecule has 0 spiro atoms. The van der Waals surface area contributed by atoms with E-state index in [1.54, 1.807) is 11.3 Å². The molecule has 0 saturated heterocycles. The number of benzene rings is 1. The first-order valence-electron chi connectivity index (χ1n) is 5.33. The van der Waals surface area contributed by atoms with Crippen molar-refractivity contribution in [3.63, 3.8) is 0 Å². The molecule has 0 bridgehead atoms. The maximum Gasteiger partial charge on any atom is 0.178 e. The summed E-state index contributed by atoms with van der Waals surface area (Å²) in [6.07, 6.45) is 1.90. The summed E-state index contributed by atoms with van der Waals surface area (Å²) in [6, 6.07) is 8.14. The average Bonchev–Trinajstić information content (AvgIpc) is 2.85. The summed E-state index contributed by atoms with van der Waals surface area (Å²) in [5, 5.41) is 1.09. The molecule has 0 amide bonds. The van der Waals surface area contributed by atoms with Crippen molar-refractivity contribution in [2.45, 2.75) is 13.5 Å². The highest BCUT2D eigenvalue weighted by Crippen LogP contribution is 2.18. The third kappa shape index (κ3) is 1.92. The van der Waals surface area contributed by atoms with E-state index in [1.165, 1.54) is 4.88 Å². The number of thiazole rings is 1. The minimum Gasteiger partial charge on any atom is -0.331 e. The highest BCUT2D eigenvalue weighted by Gasteiger charge is 2.06. The first-order valence-corrected chi connectivity index (χ1v) is 6.55. The normalized spacial score (nSPS) is 11.1. The van der Waals surface area contributed by atoms with Crippen LogP contribution < -0.4 is 0 Å². The molecular weight excluding hydrogens is 250 g/mol. The molecule has 2 heterocycles. The van der Waals surface area contributed by atoms with E-state index in [4.69, 9.17) is 12.2 Å². The molecule has 17 heavy (non-hydrogen) atoms. The maximum atomic E-state index is 5.34. The van der Waals surface area contributed by atoms with Gasteiger partial charge in [0.25, 0.3) is 0 Å². The Bertz CT molecular complexity index is 721. The lowest BCUT2D eigenvalue weighted by Crippen LogP contribution is -1.98. The van der Waals surface area contributed by atoms with Crippen molar-refractivity contribution in [1.29, 1.82) is 0 Å². The van der Waals surface area contributed by atoms with Gasteiger partial charge in [-0.05, 0) is 31.3 Å². The molecule has 0 aliphatic carbocycles. The van der Waals surface area contributed by atoms with E-state index in [-0.39, 0.29) is 0 Å². The van der Waals surface area contributed by atoms with Gasteiger partial charge in [0.05, 0.1) is 17.6 Å². The Balaban J connectivity index is 2.11. The van der Waals surface area contributed by atoms with E-state index in [0.29, 0.717) is 0 Å². The van der Waals surface area contributed by atoms with E-state index in [9.17, 15) is 0 Å². The Hall–Kier alpha value is -1.46. The van der Waals surface area contributed by atoms with Gasteiger partial charge < -0.3 is 9.55 Å². The number of aromatic amines is 1. The van der Waals surface area contributed by atoms with Gasteiger partial charge in [-0.25, -0.2) is 4.98 Å². The summed E-state index contributed by atoms with van der Waals surface area (Å²) in [7, 11) is 0. The number of nitrogens with zero attached hydrogens (tertiary/aromatic N) is 2. The summed E-state index contributed by atoms with van der Waals surface area (Å²) in [4.78, 5) is 8.81. The van der Waals surface area contributed by atoms with Crippen LogP contribution in [0.5, 0.6) is 0 Å². The minimum absolute atomic E-state index is 0.737. The minimum atomic E-state index is 0.737. The monoisotopic (exact) mass is 261 g/mol. The van der Waals surface area contributed by atoms with Gasteiger partial charge in [0.15, 0.2) is 4.77 Å². The second kappa shape index (κ2) is 4.09. The number of H-pyrrole nitrogens is 1. The fraction of sp³-hybridized carbons (Fsp3) is 0.167. The molecule has 0 atom stereocenters. The molecule has 1 N–H and O–H groups in total. The van der Waals surface area contributed by atoms with Gasteiger partial charge in [-0.3, -0.25) is 0 Å². The molecule has 1 aromatic carbocycles.